The molecule has 0 saturated heterocycles. The third-order valence-electron chi connectivity index (χ3n) is 4.26. The molecule has 22 heavy (non-hydrogen) atoms. The minimum atomic E-state index is -1.30. The SMILES string of the molecule is C=C(c1ccc(C2CCCCC2)cc1)C(O)C(=O)OC(C)C. The standard InChI is InChI=1S/C19H26O3/c1-13(2)22-19(21)18(20)14(3)15-9-11-17(12-10-15)16-7-5-4-6-8-16/h9-13,16,18,20H,3-8H2,1-2H3. The molecule has 1 saturated carbocycles. The van der Waals surface area contributed by atoms with Crippen molar-refractivity contribution in [2.75, 3.05) is 0 Å². The Morgan fingerprint density at radius 2 is 1.77 bits per heavy atom. The van der Waals surface area contributed by atoms with Gasteiger partial charge in [-0.05, 0) is 49.3 Å². The number of hydrogen-bond acceptors (Lipinski definition) is 3. The zero-order valence-corrected chi connectivity index (χ0v) is 13.5. The summed E-state index contributed by atoms with van der Waals surface area (Å²) in [4.78, 5) is 11.7. The van der Waals surface area contributed by atoms with Crippen molar-refractivity contribution in [3.63, 3.8) is 0 Å². The second-order valence-electron chi connectivity index (χ2n) is 6.37. The number of aliphatic hydroxyl groups is 1. The summed E-state index contributed by atoms with van der Waals surface area (Å²) >= 11 is 0. The van der Waals surface area contributed by atoms with E-state index in [1.54, 1.807) is 13.8 Å². The molecule has 3 nitrogen and oxygen atoms in total. The Morgan fingerprint density at radius 1 is 1.18 bits per heavy atom. The Kier molecular flexibility index (Phi) is 5.78. The maximum Gasteiger partial charge on any atom is 0.339 e. The van der Waals surface area contributed by atoms with E-state index in [2.05, 4.69) is 18.7 Å². The number of hydrogen-bond donors (Lipinski definition) is 1. The van der Waals surface area contributed by atoms with E-state index in [0.29, 0.717) is 11.5 Å². The van der Waals surface area contributed by atoms with Crippen molar-refractivity contribution in [3.8, 4) is 0 Å². The summed E-state index contributed by atoms with van der Waals surface area (Å²) in [6.45, 7) is 7.36. The summed E-state index contributed by atoms with van der Waals surface area (Å²) in [5, 5.41) is 10.0. The van der Waals surface area contributed by atoms with Gasteiger partial charge in [0.1, 0.15) is 0 Å². The molecule has 1 aromatic carbocycles. The Morgan fingerprint density at radius 3 is 2.32 bits per heavy atom. The molecule has 1 aliphatic carbocycles. The monoisotopic (exact) mass is 302 g/mol. The molecule has 0 spiro atoms. The molecule has 0 aromatic heterocycles. The molecule has 0 heterocycles. The van der Waals surface area contributed by atoms with Crippen molar-refractivity contribution in [1.29, 1.82) is 0 Å². The van der Waals surface area contributed by atoms with Crippen LogP contribution in [0.2, 0.25) is 0 Å². The average Bonchev–Trinajstić information content (AvgIpc) is 2.54. The summed E-state index contributed by atoms with van der Waals surface area (Å²) in [6, 6.07) is 8.07. The van der Waals surface area contributed by atoms with Gasteiger partial charge >= 0.3 is 5.97 Å². The van der Waals surface area contributed by atoms with Gasteiger partial charge in [-0.25, -0.2) is 4.79 Å². The first-order chi connectivity index (χ1) is 10.5. The molecule has 1 atom stereocenters. The maximum absolute atomic E-state index is 11.7. The number of benzene rings is 1. The van der Waals surface area contributed by atoms with Gasteiger partial charge in [0.25, 0.3) is 0 Å². The van der Waals surface area contributed by atoms with Gasteiger partial charge in [0.15, 0.2) is 6.10 Å². The van der Waals surface area contributed by atoms with Gasteiger partial charge in [-0.2, -0.15) is 0 Å². The molecule has 120 valence electrons. The molecule has 0 bridgehead atoms. The smallest absolute Gasteiger partial charge is 0.339 e. The number of esters is 1. The lowest BCUT2D eigenvalue weighted by atomic mass is 9.83. The largest absolute Gasteiger partial charge is 0.461 e. The minimum Gasteiger partial charge on any atom is -0.461 e. The Bertz CT molecular complexity index is 510. The highest BCUT2D eigenvalue weighted by Gasteiger charge is 2.22. The van der Waals surface area contributed by atoms with Gasteiger partial charge in [-0.3, -0.25) is 0 Å². The highest BCUT2D eigenvalue weighted by atomic mass is 16.6. The zero-order chi connectivity index (χ0) is 16.1. The third kappa shape index (κ3) is 4.20. The molecule has 3 heteroatoms. The molecule has 0 radical (unpaired) electrons. The molecule has 2 rings (SSSR count). The normalized spacial score (nSPS) is 17.3. The van der Waals surface area contributed by atoms with E-state index in [1.165, 1.54) is 37.7 Å². The predicted molar refractivity (Wildman–Crippen MR) is 88.5 cm³/mol. The van der Waals surface area contributed by atoms with E-state index < -0.39 is 12.1 Å². The van der Waals surface area contributed by atoms with Crippen molar-refractivity contribution in [2.45, 2.75) is 64.1 Å². The first-order valence-corrected chi connectivity index (χ1v) is 8.16. The minimum absolute atomic E-state index is 0.247. The van der Waals surface area contributed by atoms with Crippen molar-refractivity contribution >= 4 is 11.5 Å². The van der Waals surface area contributed by atoms with Gasteiger partial charge in [-0.15, -0.1) is 0 Å². The van der Waals surface area contributed by atoms with Crippen LogP contribution >= 0.6 is 0 Å². The fourth-order valence-corrected chi connectivity index (χ4v) is 3.00. The Balaban J connectivity index is 2.02. The van der Waals surface area contributed by atoms with Crippen LogP contribution in [0.4, 0.5) is 0 Å². The Hall–Kier alpha value is -1.61. The van der Waals surface area contributed by atoms with Crippen LogP contribution < -0.4 is 0 Å². The third-order valence-corrected chi connectivity index (χ3v) is 4.26. The number of carbonyl (C=O) groups is 1. The van der Waals surface area contributed by atoms with E-state index in [1.807, 2.05) is 12.1 Å². The van der Waals surface area contributed by atoms with Crippen LogP contribution in [0.25, 0.3) is 5.57 Å². The van der Waals surface area contributed by atoms with Crippen LogP contribution in [-0.2, 0) is 9.53 Å². The predicted octanol–water partition coefficient (Wildman–Crippen LogP) is 4.06. The van der Waals surface area contributed by atoms with Crippen LogP contribution in [0.1, 0.15) is 63.0 Å². The molecular weight excluding hydrogens is 276 g/mol. The van der Waals surface area contributed by atoms with Crippen LogP contribution in [0.15, 0.2) is 30.8 Å². The number of carbonyl (C=O) groups excluding carboxylic acids is 1. The summed E-state index contributed by atoms with van der Waals surface area (Å²) in [7, 11) is 0. The van der Waals surface area contributed by atoms with Gasteiger partial charge in [0.05, 0.1) is 6.10 Å². The van der Waals surface area contributed by atoms with Gasteiger partial charge in [-0.1, -0.05) is 50.1 Å². The van der Waals surface area contributed by atoms with Gasteiger partial charge < -0.3 is 9.84 Å². The van der Waals surface area contributed by atoms with Crippen molar-refractivity contribution in [2.24, 2.45) is 0 Å². The van der Waals surface area contributed by atoms with E-state index >= 15 is 0 Å². The van der Waals surface area contributed by atoms with E-state index in [0.717, 1.165) is 5.56 Å². The van der Waals surface area contributed by atoms with E-state index in [-0.39, 0.29) is 6.10 Å². The molecule has 1 unspecified atom stereocenters. The van der Waals surface area contributed by atoms with E-state index in [9.17, 15) is 9.90 Å². The average molecular weight is 302 g/mol. The summed E-state index contributed by atoms with van der Waals surface area (Å²) in [5.74, 6) is 0.00301. The fraction of sp³-hybridized carbons (Fsp3) is 0.526. The summed E-state index contributed by atoms with van der Waals surface area (Å²) in [5.41, 5.74) is 2.52. The van der Waals surface area contributed by atoms with Gasteiger partial charge in [0.2, 0.25) is 0 Å². The molecule has 1 N–H and O–H groups in total. The van der Waals surface area contributed by atoms with Crippen LogP contribution in [-0.4, -0.2) is 23.3 Å². The molecule has 1 aromatic rings. The second-order valence-corrected chi connectivity index (χ2v) is 6.37. The van der Waals surface area contributed by atoms with Crippen LogP contribution in [0, 0.1) is 0 Å². The zero-order valence-electron chi connectivity index (χ0n) is 13.5. The molecular formula is C19H26O3. The fourth-order valence-electron chi connectivity index (χ4n) is 3.00. The van der Waals surface area contributed by atoms with Crippen molar-refractivity contribution < 1.29 is 14.6 Å². The van der Waals surface area contributed by atoms with Crippen LogP contribution in [0.3, 0.4) is 0 Å². The molecule has 0 amide bonds. The maximum atomic E-state index is 11.7. The van der Waals surface area contributed by atoms with E-state index in [4.69, 9.17) is 4.74 Å². The summed E-state index contributed by atoms with van der Waals surface area (Å²) < 4.78 is 5.02. The second kappa shape index (κ2) is 7.59. The highest BCUT2D eigenvalue weighted by Crippen LogP contribution is 2.33. The van der Waals surface area contributed by atoms with Crippen molar-refractivity contribution in [1.82, 2.24) is 0 Å². The van der Waals surface area contributed by atoms with Crippen molar-refractivity contribution in [3.05, 3.63) is 42.0 Å². The number of ether oxygens (including phenoxy) is 1. The molecule has 1 aliphatic rings. The lowest BCUT2D eigenvalue weighted by Crippen LogP contribution is -2.26. The molecule has 1 fully saturated rings. The molecule has 0 aliphatic heterocycles. The quantitative estimate of drug-likeness (QED) is 0.834. The van der Waals surface area contributed by atoms with Gasteiger partial charge in [0, 0.05) is 0 Å². The number of aliphatic hydroxyl groups excluding tert-OH is 1. The highest BCUT2D eigenvalue weighted by molar-refractivity contribution is 5.90. The number of rotatable bonds is 5. The first kappa shape index (κ1) is 16.8. The topological polar surface area (TPSA) is 46.5 Å². The first-order valence-electron chi connectivity index (χ1n) is 8.16. The summed E-state index contributed by atoms with van der Waals surface area (Å²) in [6.07, 6.45) is 4.91. The van der Waals surface area contributed by atoms with Crippen LogP contribution in [0.5, 0.6) is 0 Å². The lowest BCUT2D eigenvalue weighted by Gasteiger charge is -2.22. The Labute approximate surface area is 133 Å². The lowest BCUT2D eigenvalue weighted by molar-refractivity contribution is -0.154.